The molecule has 0 saturated carbocycles. The van der Waals surface area contributed by atoms with E-state index >= 15 is 0 Å². The lowest BCUT2D eigenvalue weighted by Gasteiger charge is -2.09. The van der Waals surface area contributed by atoms with Gasteiger partial charge in [0.1, 0.15) is 17.2 Å². The van der Waals surface area contributed by atoms with Crippen molar-refractivity contribution in [2.24, 2.45) is 0 Å². The topological polar surface area (TPSA) is 18.5 Å². The number of terminal acetylenes is 1. The highest BCUT2D eigenvalue weighted by Gasteiger charge is 2.03. The highest BCUT2D eigenvalue weighted by atomic mass is 16.5. The van der Waals surface area contributed by atoms with Gasteiger partial charge in [-0.15, -0.1) is 12.3 Å². The van der Waals surface area contributed by atoms with Crippen LogP contribution in [0.1, 0.15) is 5.56 Å². The first kappa shape index (κ1) is 12.1. The van der Waals surface area contributed by atoms with Gasteiger partial charge in [0.05, 0.1) is 7.11 Å². The summed E-state index contributed by atoms with van der Waals surface area (Å²) in [7, 11) is 1.63. The molecule has 2 aromatic rings. The summed E-state index contributed by atoms with van der Waals surface area (Å²) in [6, 6.07) is 15.3. The van der Waals surface area contributed by atoms with Crippen molar-refractivity contribution in [3.63, 3.8) is 0 Å². The second-order valence-electron chi connectivity index (χ2n) is 3.81. The van der Waals surface area contributed by atoms with Crippen molar-refractivity contribution in [2.45, 2.75) is 6.42 Å². The molecule has 0 radical (unpaired) electrons. The fourth-order valence-electron chi connectivity index (χ4n) is 1.65. The Bertz CT molecular complexity index is 553. The smallest absolute Gasteiger partial charge is 0.131 e. The van der Waals surface area contributed by atoms with E-state index in [2.05, 4.69) is 5.92 Å². The average Bonchev–Trinajstić information content (AvgIpc) is 2.40. The molecule has 2 aromatic carbocycles. The monoisotopic (exact) mass is 238 g/mol. The number of hydrogen-bond acceptors (Lipinski definition) is 2. The van der Waals surface area contributed by atoms with Gasteiger partial charge < -0.3 is 9.47 Å². The van der Waals surface area contributed by atoms with E-state index in [1.165, 1.54) is 0 Å². The molecule has 0 N–H and O–H groups in total. The Kier molecular flexibility index (Phi) is 3.88. The fourth-order valence-corrected chi connectivity index (χ4v) is 1.65. The number of methoxy groups -OCH3 is 1. The normalized spacial score (nSPS) is 9.56. The van der Waals surface area contributed by atoms with Crippen LogP contribution in [-0.4, -0.2) is 7.11 Å². The summed E-state index contributed by atoms with van der Waals surface area (Å²) in [6.45, 7) is 0. The van der Waals surface area contributed by atoms with Crippen LogP contribution in [0.3, 0.4) is 0 Å². The molecule has 0 aliphatic carbocycles. The first-order chi connectivity index (χ1) is 8.81. The van der Waals surface area contributed by atoms with Gasteiger partial charge in [0.2, 0.25) is 0 Å². The number of ether oxygens (including phenoxy) is 2. The number of rotatable bonds is 4. The maximum atomic E-state index is 5.76. The molecule has 0 spiro atoms. The summed E-state index contributed by atoms with van der Waals surface area (Å²) in [5, 5.41) is 0. The van der Waals surface area contributed by atoms with Crippen molar-refractivity contribution in [1.82, 2.24) is 0 Å². The van der Waals surface area contributed by atoms with Gasteiger partial charge in [0.15, 0.2) is 0 Å². The molecule has 18 heavy (non-hydrogen) atoms. The molecule has 0 heterocycles. The van der Waals surface area contributed by atoms with Gasteiger partial charge in [-0.1, -0.05) is 18.2 Å². The van der Waals surface area contributed by atoms with Crippen LogP contribution in [0.2, 0.25) is 0 Å². The Labute approximate surface area is 107 Å². The summed E-state index contributed by atoms with van der Waals surface area (Å²) in [6.07, 6.45) is 5.88. The molecule has 0 unspecified atom stereocenters. The van der Waals surface area contributed by atoms with Crippen LogP contribution in [0.5, 0.6) is 17.2 Å². The summed E-state index contributed by atoms with van der Waals surface area (Å²) in [4.78, 5) is 0. The molecule has 0 aromatic heterocycles. The standard InChI is InChI=1S/C16H14O2/c1-3-7-13-10-15(17-2)12-16(11-13)18-14-8-5-4-6-9-14/h1,4-6,8-12H,7H2,2H3. The van der Waals surface area contributed by atoms with Crippen molar-refractivity contribution in [2.75, 3.05) is 7.11 Å². The first-order valence-electron chi connectivity index (χ1n) is 5.66. The lowest BCUT2D eigenvalue weighted by molar-refractivity contribution is 0.408. The Hall–Kier alpha value is -2.40. The van der Waals surface area contributed by atoms with Crippen LogP contribution < -0.4 is 9.47 Å². The molecule has 0 aliphatic heterocycles. The van der Waals surface area contributed by atoms with E-state index in [1.54, 1.807) is 7.11 Å². The molecule has 0 fully saturated rings. The Morgan fingerprint density at radius 3 is 2.39 bits per heavy atom. The van der Waals surface area contributed by atoms with Crippen molar-refractivity contribution in [1.29, 1.82) is 0 Å². The van der Waals surface area contributed by atoms with E-state index in [0.717, 1.165) is 22.8 Å². The maximum absolute atomic E-state index is 5.76. The highest BCUT2D eigenvalue weighted by molar-refractivity contribution is 5.41. The number of hydrogen-bond donors (Lipinski definition) is 0. The molecule has 0 bridgehead atoms. The quantitative estimate of drug-likeness (QED) is 0.757. The minimum atomic E-state index is 0.558. The van der Waals surface area contributed by atoms with Gasteiger partial charge in [-0.05, 0) is 29.8 Å². The van der Waals surface area contributed by atoms with Crippen LogP contribution in [0.4, 0.5) is 0 Å². The first-order valence-corrected chi connectivity index (χ1v) is 5.66. The zero-order chi connectivity index (χ0) is 12.8. The van der Waals surface area contributed by atoms with Crippen molar-refractivity contribution in [3.8, 4) is 29.6 Å². The molecule has 2 nitrogen and oxygen atoms in total. The molecule has 0 saturated heterocycles. The van der Waals surface area contributed by atoms with Gasteiger partial charge in [-0.25, -0.2) is 0 Å². The third-order valence-electron chi connectivity index (χ3n) is 2.46. The summed E-state index contributed by atoms with van der Waals surface area (Å²) >= 11 is 0. The van der Waals surface area contributed by atoms with E-state index in [-0.39, 0.29) is 0 Å². The van der Waals surface area contributed by atoms with Crippen LogP contribution in [0.25, 0.3) is 0 Å². The third-order valence-corrected chi connectivity index (χ3v) is 2.46. The minimum absolute atomic E-state index is 0.558. The van der Waals surface area contributed by atoms with Crippen molar-refractivity contribution in [3.05, 3.63) is 54.1 Å². The lowest BCUT2D eigenvalue weighted by Crippen LogP contribution is -1.90. The van der Waals surface area contributed by atoms with Gasteiger partial charge in [-0.3, -0.25) is 0 Å². The fraction of sp³-hybridized carbons (Fsp3) is 0.125. The van der Waals surface area contributed by atoms with Crippen LogP contribution in [0.15, 0.2) is 48.5 Å². The zero-order valence-electron chi connectivity index (χ0n) is 10.2. The van der Waals surface area contributed by atoms with E-state index in [9.17, 15) is 0 Å². The number of para-hydroxylation sites is 1. The van der Waals surface area contributed by atoms with Crippen LogP contribution in [0, 0.1) is 12.3 Å². The Morgan fingerprint density at radius 2 is 1.72 bits per heavy atom. The average molecular weight is 238 g/mol. The maximum Gasteiger partial charge on any atom is 0.131 e. The van der Waals surface area contributed by atoms with Crippen molar-refractivity contribution >= 4 is 0 Å². The molecule has 2 rings (SSSR count). The third kappa shape index (κ3) is 3.05. The van der Waals surface area contributed by atoms with E-state index < -0.39 is 0 Å². The molecular formula is C16H14O2. The van der Waals surface area contributed by atoms with Crippen LogP contribution >= 0.6 is 0 Å². The predicted molar refractivity (Wildman–Crippen MR) is 72.0 cm³/mol. The molecule has 0 aliphatic rings. The number of benzene rings is 2. The SMILES string of the molecule is C#CCc1cc(OC)cc(Oc2ccccc2)c1. The molecule has 0 amide bonds. The van der Waals surface area contributed by atoms with Gasteiger partial charge in [0, 0.05) is 12.5 Å². The largest absolute Gasteiger partial charge is 0.497 e. The Morgan fingerprint density at radius 1 is 1.00 bits per heavy atom. The van der Waals surface area contributed by atoms with E-state index in [4.69, 9.17) is 15.9 Å². The van der Waals surface area contributed by atoms with E-state index in [1.807, 2.05) is 48.5 Å². The molecule has 0 atom stereocenters. The summed E-state index contributed by atoms with van der Waals surface area (Å²) < 4.78 is 11.0. The van der Waals surface area contributed by atoms with Crippen molar-refractivity contribution < 1.29 is 9.47 Å². The lowest BCUT2D eigenvalue weighted by atomic mass is 10.1. The second kappa shape index (κ2) is 5.79. The van der Waals surface area contributed by atoms with Gasteiger partial charge in [0.25, 0.3) is 0 Å². The molecule has 2 heteroatoms. The predicted octanol–water partition coefficient (Wildman–Crippen LogP) is 3.66. The molecular weight excluding hydrogens is 224 g/mol. The summed E-state index contributed by atoms with van der Waals surface area (Å²) in [5.74, 6) is 4.88. The zero-order valence-corrected chi connectivity index (χ0v) is 10.2. The highest BCUT2D eigenvalue weighted by Crippen LogP contribution is 2.27. The van der Waals surface area contributed by atoms with E-state index in [0.29, 0.717) is 6.42 Å². The minimum Gasteiger partial charge on any atom is -0.497 e. The second-order valence-corrected chi connectivity index (χ2v) is 3.81. The Balaban J connectivity index is 2.27. The van der Waals surface area contributed by atoms with Crippen LogP contribution in [-0.2, 0) is 6.42 Å². The van der Waals surface area contributed by atoms with Gasteiger partial charge >= 0.3 is 0 Å². The summed E-state index contributed by atoms with van der Waals surface area (Å²) in [5.41, 5.74) is 1.00. The molecule has 90 valence electrons. The van der Waals surface area contributed by atoms with Gasteiger partial charge in [-0.2, -0.15) is 0 Å².